The molecule has 184 valence electrons. The van der Waals surface area contributed by atoms with Gasteiger partial charge in [-0.05, 0) is 68.1 Å². The molecule has 0 heterocycles. The first-order valence-corrected chi connectivity index (χ1v) is 12.4. The summed E-state index contributed by atoms with van der Waals surface area (Å²) < 4.78 is 16.2. The van der Waals surface area contributed by atoms with E-state index in [4.69, 9.17) is 14.2 Å². The van der Waals surface area contributed by atoms with Crippen LogP contribution in [-0.2, 0) is 15.9 Å². The molecule has 0 aliphatic carbocycles. The number of nitrogens with one attached hydrogen (secondary N) is 1. The molecule has 3 aromatic carbocycles. The van der Waals surface area contributed by atoms with E-state index in [9.17, 15) is 9.59 Å². The lowest BCUT2D eigenvalue weighted by molar-refractivity contribution is 0.00707. The van der Waals surface area contributed by atoms with Crippen molar-refractivity contribution in [1.82, 2.24) is 0 Å². The van der Waals surface area contributed by atoms with Crippen molar-refractivity contribution in [2.24, 2.45) is 0 Å². The first kappa shape index (κ1) is 26.4. The number of hydrogen-bond donors (Lipinski definition) is 1. The summed E-state index contributed by atoms with van der Waals surface area (Å²) in [7, 11) is 1.52. The van der Waals surface area contributed by atoms with E-state index >= 15 is 0 Å². The molecular formula is C28H30BrNO5. The molecule has 3 aromatic rings. The zero-order valence-corrected chi connectivity index (χ0v) is 22.0. The van der Waals surface area contributed by atoms with Crippen LogP contribution in [0.15, 0.2) is 66.7 Å². The summed E-state index contributed by atoms with van der Waals surface area (Å²) in [5.74, 6) is -0.528. The summed E-state index contributed by atoms with van der Waals surface area (Å²) in [6.07, 6.45) is 0.748. The normalized spacial score (nSPS) is 11.1. The standard InChI is InChI=1S/C28H30BrNO5/c1-28(2,3)35-27(32)22-12-11-21(20-8-6-5-7-9-20)17-24(22)30-26(31)23-16-19(14-15-29)10-13-25(23)34-18-33-4/h5-13,16-17H,14-15,18H2,1-4H3,(H,30,31). The monoisotopic (exact) mass is 539 g/mol. The van der Waals surface area contributed by atoms with Crippen molar-refractivity contribution in [2.45, 2.75) is 32.8 Å². The molecule has 7 heteroatoms. The van der Waals surface area contributed by atoms with Crippen molar-refractivity contribution in [1.29, 1.82) is 0 Å². The molecule has 0 aliphatic rings. The molecule has 35 heavy (non-hydrogen) atoms. The van der Waals surface area contributed by atoms with Gasteiger partial charge in [-0.25, -0.2) is 4.79 Å². The number of anilines is 1. The van der Waals surface area contributed by atoms with Crippen LogP contribution in [0.25, 0.3) is 11.1 Å². The molecule has 0 saturated carbocycles. The summed E-state index contributed by atoms with van der Waals surface area (Å²) in [4.78, 5) is 26.4. The Labute approximate surface area is 214 Å². The first-order valence-electron chi connectivity index (χ1n) is 11.3. The zero-order chi connectivity index (χ0) is 25.4. The Bertz CT molecular complexity index is 1170. The third-order valence-corrected chi connectivity index (χ3v) is 5.39. The lowest BCUT2D eigenvalue weighted by Crippen LogP contribution is -2.25. The minimum atomic E-state index is -0.679. The van der Waals surface area contributed by atoms with Gasteiger partial charge in [0, 0.05) is 12.4 Å². The number of carbonyl (C=O) groups excluding carboxylic acids is 2. The van der Waals surface area contributed by atoms with Crippen molar-refractivity contribution in [3.8, 4) is 16.9 Å². The molecule has 1 amide bonds. The largest absolute Gasteiger partial charge is 0.467 e. The molecule has 0 spiro atoms. The highest BCUT2D eigenvalue weighted by atomic mass is 79.9. The van der Waals surface area contributed by atoms with Crippen molar-refractivity contribution in [2.75, 3.05) is 24.5 Å². The van der Waals surface area contributed by atoms with Gasteiger partial charge in [-0.1, -0.05) is 58.4 Å². The number of methoxy groups -OCH3 is 1. The molecule has 0 radical (unpaired) electrons. The van der Waals surface area contributed by atoms with Crippen LogP contribution >= 0.6 is 15.9 Å². The molecule has 6 nitrogen and oxygen atoms in total. The van der Waals surface area contributed by atoms with Gasteiger partial charge in [-0.15, -0.1) is 0 Å². The Morgan fingerprint density at radius 3 is 2.31 bits per heavy atom. The smallest absolute Gasteiger partial charge is 0.340 e. The second-order valence-corrected chi connectivity index (χ2v) is 9.70. The maximum Gasteiger partial charge on any atom is 0.340 e. The Hall–Kier alpha value is -3.16. The number of carbonyl (C=O) groups is 2. The average molecular weight is 540 g/mol. The maximum atomic E-state index is 13.5. The summed E-state index contributed by atoms with van der Waals surface area (Å²) in [5, 5.41) is 3.68. The number of hydrogen-bond acceptors (Lipinski definition) is 5. The SMILES string of the molecule is COCOc1ccc(CCBr)cc1C(=O)Nc1cc(-c2ccccc2)ccc1C(=O)OC(C)(C)C. The predicted octanol–water partition coefficient (Wildman–Crippen LogP) is 6.48. The highest BCUT2D eigenvalue weighted by Gasteiger charge is 2.23. The van der Waals surface area contributed by atoms with Crippen LogP contribution < -0.4 is 10.1 Å². The molecule has 3 rings (SSSR count). The summed E-state index contributed by atoms with van der Waals surface area (Å²) in [6.45, 7) is 5.41. The molecule has 0 unspecified atom stereocenters. The minimum Gasteiger partial charge on any atom is -0.467 e. The van der Waals surface area contributed by atoms with Crippen LogP contribution in [0.4, 0.5) is 5.69 Å². The van der Waals surface area contributed by atoms with E-state index in [-0.39, 0.29) is 12.4 Å². The fourth-order valence-corrected chi connectivity index (χ4v) is 3.88. The molecule has 0 fully saturated rings. The summed E-state index contributed by atoms with van der Waals surface area (Å²) >= 11 is 3.44. The number of amides is 1. The second-order valence-electron chi connectivity index (χ2n) is 8.90. The number of rotatable bonds is 9. The molecule has 0 aliphatic heterocycles. The molecule has 0 saturated heterocycles. The van der Waals surface area contributed by atoms with Crippen molar-refractivity contribution < 1.29 is 23.8 Å². The first-order chi connectivity index (χ1) is 16.7. The van der Waals surface area contributed by atoms with Crippen LogP contribution in [-0.4, -0.2) is 36.7 Å². The van der Waals surface area contributed by atoms with Crippen LogP contribution in [0.1, 0.15) is 47.1 Å². The van der Waals surface area contributed by atoms with Gasteiger partial charge in [0.15, 0.2) is 6.79 Å². The summed E-state index contributed by atoms with van der Waals surface area (Å²) in [5.41, 5.74) is 3.09. The average Bonchev–Trinajstić information content (AvgIpc) is 2.82. The highest BCUT2D eigenvalue weighted by molar-refractivity contribution is 9.09. The number of benzene rings is 3. The Morgan fingerprint density at radius 1 is 0.914 bits per heavy atom. The summed E-state index contributed by atoms with van der Waals surface area (Å²) in [6, 6.07) is 20.5. The van der Waals surface area contributed by atoms with Crippen LogP contribution in [0.2, 0.25) is 0 Å². The van der Waals surface area contributed by atoms with E-state index in [2.05, 4.69) is 21.2 Å². The highest BCUT2D eigenvalue weighted by Crippen LogP contribution is 2.29. The lowest BCUT2D eigenvalue weighted by Gasteiger charge is -2.21. The number of alkyl halides is 1. The molecule has 0 aromatic heterocycles. The quantitative estimate of drug-likeness (QED) is 0.191. The van der Waals surface area contributed by atoms with E-state index in [1.165, 1.54) is 7.11 Å². The van der Waals surface area contributed by atoms with Gasteiger partial charge in [0.25, 0.3) is 5.91 Å². The number of halogens is 1. The Balaban J connectivity index is 2.02. The van der Waals surface area contributed by atoms with Gasteiger partial charge in [0.1, 0.15) is 11.4 Å². The van der Waals surface area contributed by atoms with Gasteiger partial charge in [0.05, 0.1) is 16.8 Å². The molecule has 1 N–H and O–H groups in total. The fourth-order valence-electron chi connectivity index (χ4n) is 3.43. The second kappa shape index (κ2) is 12.0. The van der Waals surface area contributed by atoms with E-state index in [0.29, 0.717) is 17.0 Å². The third-order valence-electron chi connectivity index (χ3n) is 5.00. The van der Waals surface area contributed by atoms with Crippen molar-refractivity contribution in [3.63, 3.8) is 0 Å². The van der Waals surface area contributed by atoms with E-state index in [0.717, 1.165) is 28.4 Å². The van der Waals surface area contributed by atoms with Gasteiger partial charge in [0.2, 0.25) is 0 Å². The Kier molecular flexibility index (Phi) is 9.07. The Morgan fingerprint density at radius 2 is 1.66 bits per heavy atom. The molecule has 0 atom stereocenters. The van der Waals surface area contributed by atoms with Crippen LogP contribution in [0.3, 0.4) is 0 Å². The van der Waals surface area contributed by atoms with E-state index < -0.39 is 17.5 Å². The third kappa shape index (κ3) is 7.41. The van der Waals surface area contributed by atoms with E-state index in [1.807, 2.05) is 42.5 Å². The molecule has 0 bridgehead atoms. The van der Waals surface area contributed by atoms with Crippen molar-refractivity contribution >= 4 is 33.5 Å². The number of aryl methyl sites for hydroxylation is 1. The fraction of sp³-hybridized carbons (Fsp3) is 0.286. The topological polar surface area (TPSA) is 73.9 Å². The predicted molar refractivity (Wildman–Crippen MR) is 141 cm³/mol. The number of ether oxygens (including phenoxy) is 3. The number of esters is 1. The minimum absolute atomic E-state index is 0.00468. The van der Waals surface area contributed by atoms with Gasteiger partial charge in [-0.2, -0.15) is 0 Å². The van der Waals surface area contributed by atoms with Gasteiger partial charge >= 0.3 is 5.97 Å². The van der Waals surface area contributed by atoms with Gasteiger partial charge < -0.3 is 19.5 Å². The van der Waals surface area contributed by atoms with E-state index in [1.54, 1.807) is 45.0 Å². The van der Waals surface area contributed by atoms with Crippen LogP contribution in [0, 0.1) is 0 Å². The van der Waals surface area contributed by atoms with Crippen LogP contribution in [0.5, 0.6) is 5.75 Å². The maximum absolute atomic E-state index is 13.5. The zero-order valence-electron chi connectivity index (χ0n) is 20.4. The van der Waals surface area contributed by atoms with Gasteiger partial charge in [-0.3, -0.25) is 4.79 Å². The lowest BCUT2D eigenvalue weighted by atomic mass is 10.0. The molecular weight excluding hydrogens is 510 g/mol. The van der Waals surface area contributed by atoms with Crippen molar-refractivity contribution in [3.05, 3.63) is 83.4 Å².